The van der Waals surface area contributed by atoms with Crippen molar-refractivity contribution in [3.05, 3.63) is 29.8 Å². The third kappa shape index (κ3) is 3.08. The van der Waals surface area contributed by atoms with Crippen molar-refractivity contribution < 1.29 is 4.79 Å². The van der Waals surface area contributed by atoms with Crippen molar-refractivity contribution in [3.63, 3.8) is 0 Å². The monoisotopic (exact) mass is 205 g/mol. The molecule has 0 aromatic heterocycles. The smallest absolute Gasteiger partial charge is 0.231 e. The summed E-state index contributed by atoms with van der Waals surface area (Å²) in [6.45, 7) is 6.50. The summed E-state index contributed by atoms with van der Waals surface area (Å²) in [6, 6.07) is 7.89. The predicted molar refractivity (Wildman–Crippen MR) is 64.1 cm³/mol. The molecule has 0 N–H and O–H groups in total. The van der Waals surface area contributed by atoms with E-state index < -0.39 is 0 Å². The number of benzene rings is 1. The van der Waals surface area contributed by atoms with Crippen LogP contribution in [0.5, 0.6) is 0 Å². The van der Waals surface area contributed by atoms with Crippen LogP contribution in [0.3, 0.4) is 0 Å². The summed E-state index contributed by atoms with van der Waals surface area (Å²) in [5, 5.41) is 0. The molecule has 1 aromatic rings. The standard InChI is InChI=1S/C9H9NO.C4H10/c1-10-8-5-3-2-4-7(8)6-9(10)11;1-4(2)3/h2-5H,6H2,1H3;4H,1-3H3. The summed E-state index contributed by atoms with van der Waals surface area (Å²) in [6.07, 6.45) is 0.562. The van der Waals surface area contributed by atoms with E-state index in [1.54, 1.807) is 4.90 Å². The number of hydrogen-bond acceptors (Lipinski definition) is 1. The zero-order valence-corrected chi connectivity index (χ0v) is 9.95. The minimum absolute atomic E-state index is 0.186. The average Bonchev–Trinajstić information content (AvgIpc) is 2.43. The lowest BCUT2D eigenvalue weighted by atomic mass is 10.2. The van der Waals surface area contributed by atoms with Gasteiger partial charge in [-0.1, -0.05) is 39.0 Å². The zero-order valence-electron chi connectivity index (χ0n) is 9.95. The molecule has 0 bridgehead atoms. The van der Waals surface area contributed by atoms with E-state index in [2.05, 4.69) is 20.8 Å². The highest BCUT2D eigenvalue weighted by Crippen LogP contribution is 2.26. The van der Waals surface area contributed by atoms with Gasteiger partial charge in [-0.05, 0) is 17.5 Å². The number of amides is 1. The molecule has 1 amide bonds. The van der Waals surface area contributed by atoms with Gasteiger partial charge in [0.15, 0.2) is 0 Å². The van der Waals surface area contributed by atoms with Crippen LogP contribution >= 0.6 is 0 Å². The van der Waals surface area contributed by atoms with Crippen molar-refractivity contribution in [2.45, 2.75) is 27.2 Å². The van der Waals surface area contributed by atoms with Gasteiger partial charge in [-0.3, -0.25) is 4.79 Å². The van der Waals surface area contributed by atoms with Crippen LogP contribution in [0.15, 0.2) is 24.3 Å². The molecule has 2 rings (SSSR count). The van der Waals surface area contributed by atoms with E-state index in [1.165, 1.54) is 0 Å². The Bertz CT molecular complexity index is 341. The van der Waals surface area contributed by atoms with Crippen LogP contribution in [0.25, 0.3) is 0 Å². The number of rotatable bonds is 0. The van der Waals surface area contributed by atoms with Crippen LogP contribution in [0.2, 0.25) is 0 Å². The molecule has 0 atom stereocenters. The fraction of sp³-hybridized carbons (Fsp3) is 0.462. The van der Waals surface area contributed by atoms with Crippen LogP contribution in [0.4, 0.5) is 5.69 Å². The highest BCUT2D eigenvalue weighted by Gasteiger charge is 2.22. The second-order valence-electron chi connectivity index (χ2n) is 4.49. The molecular formula is C13H19NO. The van der Waals surface area contributed by atoms with E-state index in [9.17, 15) is 4.79 Å². The highest BCUT2D eigenvalue weighted by atomic mass is 16.2. The lowest BCUT2D eigenvalue weighted by Gasteiger charge is -2.08. The Morgan fingerprint density at radius 1 is 1.20 bits per heavy atom. The lowest BCUT2D eigenvalue weighted by molar-refractivity contribution is -0.117. The molecule has 0 saturated heterocycles. The van der Waals surface area contributed by atoms with Gasteiger partial charge in [-0.25, -0.2) is 0 Å². The molecule has 0 saturated carbocycles. The van der Waals surface area contributed by atoms with Crippen LogP contribution in [0, 0.1) is 5.92 Å². The van der Waals surface area contributed by atoms with Crippen molar-refractivity contribution in [2.24, 2.45) is 5.92 Å². The Hall–Kier alpha value is -1.31. The first kappa shape index (κ1) is 11.8. The number of hydrogen-bond donors (Lipinski definition) is 0. The van der Waals surface area contributed by atoms with Crippen molar-refractivity contribution in [2.75, 3.05) is 11.9 Å². The van der Waals surface area contributed by atoms with Crippen LogP contribution in [0.1, 0.15) is 26.3 Å². The number of nitrogens with zero attached hydrogens (tertiary/aromatic N) is 1. The van der Waals surface area contributed by atoms with E-state index in [0.717, 1.165) is 17.2 Å². The number of carbonyl (C=O) groups is 1. The quantitative estimate of drug-likeness (QED) is 0.637. The summed E-state index contributed by atoms with van der Waals surface area (Å²) >= 11 is 0. The SMILES string of the molecule is CC(C)C.CN1C(=O)Cc2ccccc21. The van der Waals surface area contributed by atoms with E-state index in [4.69, 9.17) is 0 Å². The Balaban J connectivity index is 0.000000245. The molecule has 15 heavy (non-hydrogen) atoms. The fourth-order valence-corrected chi connectivity index (χ4v) is 1.40. The number of fused-ring (bicyclic) bond motifs is 1. The Labute approximate surface area is 91.9 Å². The topological polar surface area (TPSA) is 20.3 Å². The third-order valence-corrected chi connectivity index (χ3v) is 2.07. The Morgan fingerprint density at radius 2 is 1.73 bits per heavy atom. The van der Waals surface area contributed by atoms with Gasteiger partial charge in [0.25, 0.3) is 0 Å². The van der Waals surface area contributed by atoms with Crippen LogP contribution in [-0.2, 0) is 11.2 Å². The molecule has 1 aromatic carbocycles. The van der Waals surface area contributed by atoms with Crippen molar-refractivity contribution in [1.82, 2.24) is 0 Å². The maximum Gasteiger partial charge on any atom is 0.231 e. The molecule has 1 aliphatic heterocycles. The number of carbonyl (C=O) groups excluding carboxylic acids is 1. The number of para-hydroxylation sites is 1. The van der Waals surface area contributed by atoms with Gasteiger partial charge in [-0.2, -0.15) is 0 Å². The molecule has 0 spiro atoms. The molecule has 0 fully saturated rings. The van der Waals surface area contributed by atoms with Gasteiger partial charge in [0.05, 0.1) is 6.42 Å². The van der Waals surface area contributed by atoms with Crippen molar-refractivity contribution >= 4 is 11.6 Å². The molecule has 1 heterocycles. The van der Waals surface area contributed by atoms with Crippen molar-refractivity contribution in [3.8, 4) is 0 Å². The van der Waals surface area contributed by atoms with Crippen molar-refractivity contribution in [1.29, 1.82) is 0 Å². The summed E-state index contributed by atoms with van der Waals surface area (Å²) in [4.78, 5) is 12.9. The van der Waals surface area contributed by atoms with Gasteiger partial charge in [0.1, 0.15) is 0 Å². The van der Waals surface area contributed by atoms with Gasteiger partial charge < -0.3 is 4.90 Å². The van der Waals surface area contributed by atoms with Gasteiger partial charge in [0, 0.05) is 12.7 Å². The maximum atomic E-state index is 11.2. The maximum absolute atomic E-state index is 11.2. The van der Waals surface area contributed by atoms with Gasteiger partial charge >= 0.3 is 0 Å². The third-order valence-electron chi connectivity index (χ3n) is 2.07. The molecule has 0 radical (unpaired) electrons. The van der Waals surface area contributed by atoms with Gasteiger partial charge in [0.2, 0.25) is 5.91 Å². The van der Waals surface area contributed by atoms with E-state index in [1.807, 2.05) is 31.3 Å². The summed E-state index contributed by atoms with van der Waals surface area (Å²) in [7, 11) is 1.81. The van der Waals surface area contributed by atoms with E-state index in [-0.39, 0.29) is 5.91 Å². The summed E-state index contributed by atoms with van der Waals surface area (Å²) in [5.41, 5.74) is 2.19. The molecule has 0 aliphatic carbocycles. The predicted octanol–water partition coefficient (Wildman–Crippen LogP) is 2.87. The molecule has 2 nitrogen and oxygen atoms in total. The summed E-state index contributed by atoms with van der Waals surface area (Å²) in [5.74, 6) is 1.02. The normalized spacial score (nSPS) is 13.7. The van der Waals surface area contributed by atoms with Gasteiger partial charge in [-0.15, -0.1) is 0 Å². The largest absolute Gasteiger partial charge is 0.315 e. The Morgan fingerprint density at radius 3 is 2.27 bits per heavy atom. The number of likely N-dealkylation sites (N-methyl/N-ethyl adjacent to an activating group) is 1. The van der Waals surface area contributed by atoms with E-state index in [0.29, 0.717) is 6.42 Å². The van der Waals surface area contributed by atoms with Crippen LogP contribution in [-0.4, -0.2) is 13.0 Å². The first-order valence-electron chi connectivity index (χ1n) is 5.37. The fourth-order valence-electron chi connectivity index (χ4n) is 1.40. The lowest BCUT2D eigenvalue weighted by Crippen LogP contribution is -2.20. The average molecular weight is 205 g/mol. The number of anilines is 1. The highest BCUT2D eigenvalue weighted by molar-refractivity contribution is 6.00. The molecule has 2 heteroatoms. The molecule has 82 valence electrons. The zero-order chi connectivity index (χ0) is 11.4. The minimum atomic E-state index is 0.186. The second-order valence-corrected chi connectivity index (χ2v) is 4.49. The minimum Gasteiger partial charge on any atom is -0.315 e. The second kappa shape index (κ2) is 4.96. The molecule has 0 unspecified atom stereocenters. The van der Waals surface area contributed by atoms with Crippen LogP contribution < -0.4 is 4.90 Å². The molecule has 1 aliphatic rings. The Kier molecular flexibility index (Phi) is 3.89. The molecular weight excluding hydrogens is 186 g/mol. The first-order valence-corrected chi connectivity index (χ1v) is 5.37. The first-order chi connectivity index (χ1) is 7.02. The van der Waals surface area contributed by atoms with E-state index >= 15 is 0 Å². The summed E-state index contributed by atoms with van der Waals surface area (Å²) < 4.78 is 0.